The summed E-state index contributed by atoms with van der Waals surface area (Å²) >= 11 is 1.81. The standard InChI is InChI=1S/C30H36N6O2S/c1-19-9-10-21(14-27(19)38-20(2)31)29-25-17-36(13-11-26(25)33-34-29)30(37)32-23-6-5-12-35(16-23)15-22-18-39-28-8-4-3-7-24(22)28/h3-4,7-10,14,18,20,23H,5-6,11-13,15-17,31H2,1-2H3,(H,32,37)(H,33,34)/t20?,23-/m1/s1. The Labute approximate surface area is 233 Å². The number of hydrogen-bond acceptors (Lipinski definition) is 6. The number of aromatic nitrogens is 2. The number of carbonyl (C=O) groups excluding carboxylic acids is 1. The molecule has 0 bridgehead atoms. The third kappa shape index (κ3) is 5.52. The Morgan fingerprint density at radius 3 is 3.03 bits per heavy atom. The van der Waals surface area contributed by atoms with E-state index in [1.807, 2.05) is 48.3 Å². The van der Waals surface area contributed by atoms with Crippen LogP contribution in [-0.2, 0) is 19.5 Å². The molecule has 2 aromatic heterocycles. The minimum Gasteiger partial charge on any atom is -0.476 e. The smallest absolute Gasteiger partial charge is 0.317 e. The topological polar surface area (TPSA) is 99.5 Å². The molecule has 39 heavy (non-hydrogen) atoms. The van der Waals surface area contributed by atoms with Crippen LogP contribution in [0.1, 0.15) is 42.1 Å². The maximum Gasteiger partial charge on any atom is 0.317 e. The molecule has 0 spiro atoms. The molecule has 9 heteroatoms. The van der Waals surface area contributed by atoms with Crippen molar-refractivity contribution in [3.63, 3.8) is 0 Å². The molecule has 204 valence electrons. The molecule has 0 saturated carbocycles. The number of piperidine rings is 1. The summed E-state index contributed by atoms with van der Waals surface area (Å²) < 4.78 is 7.13. The summed E-state index contributed by atoms with van der Waals surface area (Å²) in [5.74, 6) is 0.752. The number of H-pyrrole nitrogens is 1. The largest absolute Gasteiger partial charge is 0.476 e. The fourth-order valence-electron chi connectivity index (χ4n) is 5.76. The SMILES string of the molecule is Cc1ccc(-c2n[nH]c3c2CN(C(=O)N[C@@H]2CCCN(Cc4csc5ccccc45)C2)CC3)cc1OC(C)N. The quantitative estimate of drug-likeness (QED) is 0.296. The number of aryl methyl sites for hydroxylation is 1. The Hall–Kier alpha value is -3.40. The van der Waals surface area contributed by atoms with Gasteiger partial charge in [-0.3, -0.25) is 15.7 Å². The van der Waals surface area contributed by atoms with E-state index >= 15 is 0 Å². The molecule has 2 aliphatic heterocycles. The van der Waals surface area contributed by atoms with E-state index in [2.05, 4.69) is 50.1 Å². The Balaban J connectivity index is 1.11. The van der Waals surface area contributed by atoms with Gasteiger partial charge in [0.2, 0.25) is 0 Å². The Bertz CT molecular complexity index is 1480. The number of carbonyl (C=O) groups is 1. The molecule has 4 N–H and O–H groups in total. The molecule has 4 heterocycles. The van der Waals surface area contributed by atoms with Crippen LogP contribution in [0.3, 0.4) is 0 Å². The highest BCUT2D eigenvalue weighted by molar-refractivity contribution is 7.17. The summed E-state index contributed by atoms with van der Waals surface area (Å²) in [6.45, 7) is 7.88. The van der Waals surface area contributed by atoms with Gasteiger partial charge in [-0.25, -0.2) is 4.79 Å². The number of hydrogen-bond donors (Lipinski definition) is 3. The number of thiophene rings is 1. The summed E-state index contributed by atoms with van der Waals surface area (Å²) in [6.07, 6.45) is 2.45. The van der Waals surface area contributed by atoms with E-state index in [4.69, 9.17) is 10.5 Å². The maximum absolute atomic E-state index is 13.4. The van der Waals surface area contributed by atoms with Gasteiger partial charge in [-0.2, -0.15) is 5.10 Å². The first-order valence-electron chi connectivity index (χ1n) is 13.8. The highest BCUT2D eigenvalue weighted by Crippen LogP contribution is 2.32. The van der Waals surface area contributed by atoms with Crippen molar-refractivity contribution in [3.05, 3.63) is 70.2 Å². The average molecular weight is 545 g/mol. The molecule has 0 aliphatic carbocycles. The van der Waals surface area contributed by atoms with Crippen molar-refractivity contribution in [2.75, 3.05) is 19.6 Å². The van der Waals surface area contributed by atoms with Crippen molar-refractivity contribution < 1.29 is 9.53 Å². The summed E-state index contributed by atoms with van der Waals surface area (Å²) in [7, 11) is 0. The summed E-state index contributed by atoms with van der Waals surface area (Å²) in [5.41, 5.74) is 12.3. The van der Waals surface area contributed by atoms with E-state index in [1.54, 1.807) is 0 Å². The van der Waals surface area contributed by atoms with Crippen molar-refractivity contribution in [3.8, 4) is 17.0 Å². The third-order valence-corrected chi connectivity index (χ3v) is 8.80. The minimum atomic E-state index is -0.397. The van der Waals surface area contributed by atoms with Gasteiger partial charge in [-0.1, -0.05) is 30.3 Å². The van der Waals surface area contributed by atoms with Gasteiger partial charge < -0.3 is 15.0 Å². The Kier molecular flexibility index (Phi) is 7.29. The highest BCUT2D eigenvalue weighted by Gasteiger charge is 2.29. The van der Waals surface area contributed by atoms with Gasteiger partial charge in [0.15, 0.2) is 0 Å². The van der Waals surface area contributed by atoms with Crippen LogP contribution in [0.4, 0.5) is 4.79 Å². The zero-order chi connectivity index (χ0) is 26.9. The van der Waals surface area contributed by atoms with E-state index in [0.29, 0.717) is 13.1 Å². The number of benzene rings is 2. The first kappa shape index (κ1) is 25.9. The lowest BCUT2D eigenvalue weighted by Gasteiger charge is -2.35. The normalized spacial score (nSPS) is 18.6. The zero-order valence-electron chi connectivity index (χ0n) is 22.6. The minimum absolute atomic E-state index is 0.00511. The molecule has 8 nitrogen and oxygen atoms in total. The van der Waals surface area contributed by atoms with E-state index in [-0.39, 0.29) is 12.1 Å². The average Bonchev–Trinajstić information content (AvgIpc) is 3.54. The predicted molar refractivity (Wildman–Crippen MR) is 156 cm³/mol. The molecule has 4 aromatic rings. The molecule has 2 aliphatic rings. The number of ether oxygens (including phenoxy) is 1. The second-order valence-corrected chi connectivity index (χ2v) is 11.7. The number of rotatable bonds is 6. The number of nitrogens with one attached hydrogen (secondary N) is 2. The van der Waals surface area contributed by atoms with Crippen molar-refractivity contribution >= 4 is 27.5 Å². The number of urea groups is 1. The monoisotopic (exact) mass is 544 g/mol. The van der Waals surface area contributed by atoms with Crippen molar-refractivity contribution in [2.24, 2.45) is 5.73 Å². The lowest BCUT2D eigenvalue weighted by atomic mass is 10.00. The van der Waals surface area contributed by atoms with Crippen LogP contribution >= 0.6 is 11.3 Å². The molecular formula is C30H36N6O2S. The van der Waals surface area contributed by atoms with Crippen LogP contribution in [0.2, 0.25) is 0 Å². The highest BCUT2D eigenvalue weighted by atomic mass is 32.1. The molecule has 2 amide bonds. The Morgan fingerprint density at radius 2 is 2.15 bits per heavy atom. The second-order valence-electron chi connectivity index (χ2n) is 10.8. The van der Waals surface area contributed by atoms with Crippen LogP contribution in [0.5, 0.6) is 5.75 Å². The van der Waals surface area contributed by atoms with Crippen LogP contribution in [0.15, 0.2) is 47.8 Å². The van der Waals surface area contributed by atoms with E-state index in [0.717, 1.165) is 72.7 Å². The lowest BCUT2D eigenvalue weighted by molar-refractivity contribution is 0.160. The number of aromatic amines is 1. The fraction of sp³-hybridized carbons (Fsp3) is 0.400. The predicted octanol–water partition coefficient (Wildman–Crippen LogP) is 5.02. The number of nitrogens with zero attached hydrogens (tertiary/aromatic N) is 3. The van der Waals surface area contributed by atoms with E-state index < -0.39 is 6.23 Å². The molecule has 2 aromatic carbocycles. The number of nitrogens with two attached hydrogens (primary N) is 1. The van der Waals surface area contributed by atoms with Crippen LogP contribution < -0.4 is 15.8 Å². The number of fused-ring (bicyclic) bond motifs is 2. The first-order chi connectivity index (χ1) is 18.9. The summed E-state index contributed by atoms with van der Waals surface area (Å²) in [4.78, 5) is 17.8. The third-order valence-electron chi connectivity index (χ3n) is 7.78. The molecular weight excluding hydrogens is 508 g/mol. The molecule has 6 rings (SSSR count). The first-order valence-corrected chi connectivity index (χ1v) is 14.6. The van der Waals surface area contributed by atoms with Gasteiger partial charge in [0.05, 0.1) is 12.2 Å². The zero-order valence-corrected chi connectivity index (χ0v) is 23.4. The molecule has 1 fully saturated rings. The van der Waals surface area contributed by atoms with Gasteiger partial charge in [0, 0.05) is 53.6 Å². The van der Waals surface area contributed by atoms with Crippen LogP contribution in [0.25, 0.3) is 21.3 Å². The van der Waals surface area contributed by atoms with E-state index in [1.165, 1.54) is 15.6 Å². The van der Waals surface area contributed by atoms with Crippen molar-refractivity contribution in [1.82, 2.24) is 25.3 Å². The van der Waals surface area contributed by atoms with Gasteiger partial charge in [0.1, 0.15) is 12.0 Å². The van der Waals surface area contributed by atoms with Crippen LogP contribution in [0, 0.1) is 6.92 Å². The van der Waals surface area contributed by atoms with Crippen LogP contribution in [-0.4, -0.2) is 57.9 Å². The molecule has 2 atom stereocenters. The lowest BCUT2D eigenvalue weighted by Crippen LogP contribution is -2.52. The fourth-order valence-corrected chi connectivity index (χ4v) is 6.71. The molecule has 0 radical (unpaired) electrons. The summed E-state index contributed by atoms with van der Waals surface area (Å²) in [6, 6.07) is 14.8. The number of likely N-dealkylation sites (tertiary alicyclic amines) is 1. The van der Waals surface area contributed by atoms with Gasteiger partial charge in [0.25, 0.3) is 0 Å². The van der Waals surface area contributed by atoms with Gasteiger partial charge in [-0.15, -0.1) is 11.3 Å². The van der Waals surface area contributed by atoms with Gasteiger partial charge in [-0.05, 0) is 67.3 Å². The van der Waals surface area contributed by atoms with Crippen molar-refractivity contribution in [2.45, 2.75) is 58.5 Å². The van der Waals surface area contributed by atoms with E-state index in [9.17, 15) is 4.79 Å². The Morgan fingerprint density at radius 1 is 1.28 bits per heavy atom. The van der Waals surface area contributed by atoms with Gasteiger partial charge >= 0.3 is 6.03 Å². The number of amides is 2. The van der Waals surface area contributed by atoms with Crippen molar-refractivity contribution in [1.29, 1.82) is 0 Å². The second kappa shape index (κ2) is 11.0. The molecule has 1 unspecified atom stereocenters. The molecule has 1 saturated heterocycles. The maximum atomic E-state index is 13.4. The summed E-state index contributed by atoms with van der Waals surface area (Å²) in [5, 5.41) is 14.8.